The normalized spacial score (nSPS) is 13.9. The number of amides is 1. The van der Waals surface area contributed by atoms with Crippen LogP contribution in [0, 0.1) is 0 Å². The average Bonchev–Trinajstić information content (AvgIpc) is 3.07. The molecule has 21 heavy (non-hydrogen) atoms. The maximum atomic E-state index is 12.2. The number of H-pyrrole nitrogens is 1. The van der Waals surface area contributed by atoms with Crippen LogP contribution < -0.4 is 11.1 Å². The molecule has 0 aromatic carbocycles. The summed E-state index contributed by atoms with van der Waals surface area (Å²) in [6.45, 7) is 5.91. The molecule has 0 saturated heterocycles. The minimum absolute atomic E-state index is 0.131. The summed E-state index contributed by atoms with van der Waals surface area (Å²) in [5.41, 5.74) is 5.45. The van der Waals surface area contributed by atoms with Crippen molar-refractivity contribution in [3.05, 3.63) is 12.3 Å². The fraction of sp³-hybridized carbons (Fsp3) is 0.500. The zero-order valence-corrected chi connectivity index (χ0v) is 13.0. The molecular weight excluding hydrogens is 290 g/mol. The van der Waals surface area contributed by atoms with Crippen LogP contribution in [-0.4, -0.2) is 36.1 Å². The van der Waals surface area contributed by atoms with Gasteiger partial charge in [0.15, 0.2) is 0 Å². The van der Waals surface area contributed by atoms with Crippen LogP contribution in [0.1, 0.15) is 33.2 Å². The lowest BCUT2D eigenvalue weighted by atomic mass is 10.3. The highest BCUT2D eigenvalue weighted by atomic mass is 32.2. The molecule has 2 atom stereocenters. The first-order chi connectivity index (χ1) is 10.0. The lowest BCUT2D eigenvalue weighted by Gasteiger charge is -2.15. The number of nitrogens with zero attached hydrogens (tertiary/aromatic N) is 4. The van der Waals surface area contributed by atoms with Crippen molar-refractivity contribution < 1.29 is 4.79 Å². The number of nitrogens with two attached hydrogens (primary N) is 1. The van der Waals surface area contributed by atoms with E-state index in [-0.39, 0.29) is 23.1 Å². The first-order valence-corrected chi connectivity index (χ1v) is 7.58. The Morgan fingerprint density at radius 2 is 2.33 bits per heavy atom. The van der Waals surface area contributed by atoms with E-state index in [0.717, 1.165) is 6.42 Å². The van der Waals surface area contributed by atoms with E-state index in [4.69, 9.17) is 5.73 Å². The molecule has 1 amide bonds. The molecule has 9 heteroatoms. The molecule has 2 rings (SSSR count). The van der Waals surface area contributed by atoms with Gasteiger partial charge in [0.1, 0.15) is 5.82 Å². The number of anilines is 2. The molecule has 0 radical (unpaired) electrons. The molecule has 0 saturated carbocycles. The molecule has 0 fully saturated rings. The van der Waals surface area contributed by atoms with E-state index in [9.17, 15) is 4.79 Å². The largest absolute Gasteiger partial charge is 0.368 e. The van der Waals surface area contributed by atoms with Gasteiger partial charge in [-0.1, -0.05) is 18.7 Å². The maximum absolute atomic E-state index is 12.2. The van der Waals surface area contributed by atoms with E-state index in [1.807, 2.05) is 0 Å². The Hall–Kier alpha value is -2.03. The van der Waals surface area contributed by atoms with E-state index in [2.05, 4.69) is 39.4 Å². The molecule has 2 aromatic rings. The van der Waals surface area contributed by atoms with E-state index in [1.54, 1.807) is 23.9 Å². The van der Waals surface area contributed by atoms with Crippen LogP contribution in [-0.2, 0) is 4.79 Å². The summed E-state index contributed by atoms with van der Waals surface area (Å²) < 4.78 is 1.81. The lowest BCUT2D eigenvalue weighted by molar-refractivity contribution is -0.115. The average molecular weight is 309 g/mol. The highest BCUT2D eigenvalue weighted by Gasteiger charge is 2.19. The Morgan fingerprint density at radius 3 is 2.95 bits per heavy atom. The summed E-state index contributed by atoms with van der Waals surface area (Å²) in [7, 11) is 0. The number of aromatic nitrogens is 5. The van der Waals surface area contributed by atoms with Gasteiger partial charge in [-0.3, -0.25) is 4.79 Å². The van der Waals surface area contributed by atoms with E-state index >= 15 is 0 Å². The molecule has 8 nitrogen and oxygen atoms in total. The van der Waals surface area contributed by atoms with Crippen LogP contribution >= 0.6 is 11.8 Å². The Labute approximate surface area is 126 Å². The highest BCUT2D eigenvalue weighted by molar-refractivity contribution is 8.00. The SMILES string of the molecule is CC[C@H](C)n1nccc1NC(=O)[C@H](C)Sc1n[nH]c(N)n1. The Bertz CT molecular complexity index is 608. The third kappa shape index (κ3) is 3.75. The second-order valence-corrected chi connectivity index (χ2v) is 5.98. The van der Waals surface area contributed by atoms with Gasteiger partial charge in [-0.2, -0.15) is 10.1 Å². The zero-order chi connectivity index (χ0) is 15.4. The molecule has 0 unspecified atom stereocenters. The minimum atomic E-state index is -0.347. The first kappa shape index (κ1) is 15.4. The van der Waals surface area contributed by atoms with E-state index in [0.29, 0.717) is 11.0 Å². The van der Waals surface area contributed by atoms with Crippen molar-refractivity contribution in [3.63, 3.8) is 0 Å². The van der Waals surface area contributed by atoms with Crippen molar-refractivity contribution in [2.75, 3.05) is 11.1 Å². The fourth-order valence-electron chi connectivity index (χ4n) is 1.69. The number of carbonyl (C=O) groups excluding carboxylic acids is 1. The molecule has 0 aliphatic rings. The Morgan fingerprint density at radius 1 is 1.57 bits per heavy atom. The zero-order valence-electron chi connectivity index (χ0n) is 12.2. The first-order valence-electron chi connectivity index (χ1n) is 6.70. The van der Waals surface area contributed by atoms with Crippen molar-refractivity contribution >= 4 is 29.4 Å². The second kappa shape index (κ2) is 6.61. The number of hydrogen-bond donors (Lipinski definition) is 3. The van der Waals surface area contributed by atoms with Crippen LogP contribution in [0.5, 0.6) is 0 Å². The highest BCUT2D eigenvalue weighted by Crippen LogP contribution is 2.22. The van der Waals surface area contributed by atoms with Gasteiger partial charge in [-0.25, -0.2) is 9.78 Å². The third-order valence-corrected chi connectivity index (χ3v) is 4.02. The number of nitrogen functional groups attached to an aromatic ring is 1. The maximum Gasteiger partial charge on any atom is 0.238 e. The number of carbonyl (C=O) groups is 1. The van der Waals surface area contributed by atoms with E-state index < -0.39 is 0 Å². The molecule has 0 bridgehead atoms. The summed E-state index contributed by atoms with van der Waals surface area (Å²) in [6, 6.07) is 2.01. The molecule has 0 spiro atoms. The van der Waals surface area contributed by atoms with Gasteiger partial charge in [0.2, 0.25) is 17.0 Å². The van der Waals surface area contributed by atoms with Crippen molar-refractivity contribution in [1.82, 2.24) is 25.0 Å². The van der Waals surface area contributed by atoms with Crippen LogP contribution in [0.15, 0.2) is 17.4 Å². The number of rotatable bonds is 6. The third-order valence-electron chi connectivity index (χ3n) is 3.06. The quantitative estimate of drug-likeness (QED) is 0.699. The van der Waals surface area contributed by atoms with Crippen molar-refractivity contribution in [2.45, 2.75) is 43.6 Å². The fourth-order valence-corrected chi connectivity index (χ4v) is 2.42. The molecule has 0 aliphatic heterocycles. The van der Waals surface area contributed by atoms with Gasteiger partial charge in [0.05, 0.1) is 17.5 Å². The monoisotopic (exact) mass is 309 g/mol. The Kier molecular flexibility index (Phi) is 4.84. The molecule has 4 N–H and O–H groups in total. The molecule has 114 valence electrons. The summed E-state index contributed by atoms with van der Waals surface area (Å²) in [6.07, 6.45) is 2.61. The second-order valence-electron chi connectivity index (χ2n) is 4.67. The topological polar surface area (TPSA) is 115 Å². The van der Waals surface area contributed by atoms with Gasteiger partial charge in [-0.15, -0.1) is 5.10 Å². The molecule has 0 aliphatic carbocycles. The van der Waals surface area contributed by atoms with Gasteiger partial charge < -0.3 is 11.1 Å². The number of nitrogens with one attached hydrogen (secondary N) is 2. The Balaban J connectivity index is 1.99. The standard InChI is InChI=1S/C12H19N7OS/c1-4-7(2)19-9(5-6-14-19)15-10(20)8(3)21-12-16-11(13)17-18-12/h5-8H,4H2,1-3H3,(H,15,20)(H3,13,16,17,18)/t7-,8-/m0/s1. The summed E-state index contributed by atoms with van der Waals surface area (Å²) in [5.74, 6) is 0.796. The van der Waals surface area contributed by atoms with Gasteiger partial charge in [0.25, 0.3) is 0 Å². The summed E-state index contributed by atoms with van der Waals surface area (Å²) in [4.78, 5) is 16.2. The summed E-state index contributed by atoms with van der Waals surface area (Å²) in [5, 5.41) is 13.7. The van der Waals surface area contributed by atoms with Crippen LogP contribution in [0.2, 0.25) is 0 Å². The number of thioether (sulfide) groups is 1. The smallest absolute Gasteiger partial charge is 0.238 e. The van der Waals surface area contributed by atoms with Gasteiger partial charge in [-0.05, 0) is 20.3 Å². The predicted octanol–water partition coefficient (Wildman–Crippen LogP) is 1.67. The summed E-state index contributed by atoms with van der Waals surface area (Å²) >= 11 is 1.24. The molecule has 2 heterocycles. The van der Waals surface area contributed by atoms with Crippen molar-refractivity contribution in [2.24, 2.45) is 0 Å². The van der Waals surface area contributed by atoms with Crippen LogP contribution in [0.25, 0.3) is 0 Å². The van der Waals surface area contributed by atoms with Crippen LogP contribution in [0.3, 0.4) is 0 Å². The van der Waals surface area contributed by atoms with Crippen molar-refractivity contribution in [3.8, 4) is 0 Å². The molecule has 2 aromatic heterocycles. The minimum Gasteiger partial charge on any atom is -0.368 e. The lowest BCUT2D eigenvalue weighted by Crippen LogP contribution is -2.25. The number of hydrogen-bond acceptors (Lipinski definition) is 6. The van der Waals surface area contributed by atoms with E-state index in [1.165, 1.54) is 11.8 Å². The predicted molar refractivity (Wildman–Crippen MR) is 82.0 cm³/mol. The van der Waals surface area contributed by atoms with Gasteiger partial charge in [0, 0.05) is 6.07 Å². The molecular formula is C12H19N7OS. The van der Waals surface area contributed by atoms with Crippen LogP contribution in [0.4, 0.5) is 11.8 Å². The van der Waals surface area contributed by atoms with Gasteiger partial charge >= 0.3 is 0 Å². The van der Waals surface area contributed by atoms with Crippen molar-refractivity contribution in [1.29, 1.82) is 0 Å². The number of aromatic amines is 1.